The normalized spacial score (nSPS) is 14.9. The molecule has 0 aliphatic carbocycles. The van der Waals surface area contributed by atoms with Gasteiger partial charge in [0, 0.05) is 18.6 Å². The van der Waals surface area contributed by atoms with Gasteiger partial charge in [-0.25, -0.2) is 0 Å². The van der Waals surface area contributed by atoms with Crippen LogP contribution in [0.5, 0.6) is 0 Å². The van der Waals surface area contributed by atoms with Gasteiger partial charge in [-0.3, -0.25) is 4.79 Å². The van der Waals surface area contributed by atoms with Crippen molar-refractivity contribution in [1.82, 2.24) is 5.32 Å². The minimum atomic E-state index is -0.549. The zero-order valence-electron chi connectivity index (χ0n) is 12.9. The van der Waals surface area contributed by atoms with Crippen LogP contribution in [0.15, 0.2) is 12.1 Å². The molecular weight excluding hydrogens is 274 g/mol. The van der Waals surface area contributed by atoms with Gasteiger partial charge in [-0.05, 0) is 30.9 Å². The van der Waals surface area contributed by atoms with Gasteiger partial charge in [-0.2, -0.15) is 0 Å². The van der Waals surface area contributed by atoms with Crippen LogP contribution < -0.4 is 5.32 Å². The number of carbonyl (C=O) groups excluding carboxylic acids is 1. The lowest BCUT2D eigenvalue weighted by atomic mass is 9.95. The van der Waals surface area contributed by atoms with Crippen molar-refractivity contribution < 1.29 is 14.6 Å². The van der Waals surface area contributed by atoms with Crippen LogP contribution in [0.25, 0.3) is 0 Å². The van der Waals surface area contributed by atoms with Crippen LogP contribution in [-0.4, -0.2) is 36.9 Å². The fourth-order valence-corrected chi connectivity index (χ4v) is 2.89. The first kappa shape index (κ1) is 17.1. The van der Waals surface area contributed by atoms with E-state index >= 15 is 0 Å². The van der Waals surface area contributed by atoms with Crippen LogP contribution in [-0.2, 0) is 10.2 Å². The average molecular weight is 299 g/mol. The molecule has 0 aliphatic heterocycles. The van der Waals surface area contributed by atoms with Gasteiger partial charge in [0.15, 0.2) is 0 Å². The van der Waals surface area contributed by atoms with E-state index < -0.39 is 5.54 Å². The first-order valence-electron chi connectivity index (χ1n) is 6.74. The molecule has 1 rings (SSSR count). The topological polar surface area (TPSA) is 58.6 Å². The van der Waals surface area contributed by atoms with Gasteiger partial charge < -0.3 is 15.2 Å². The van der Waals surface area contributed by atoms with Gasteiger partial charge >= 0.3 is 0 Å². The Balaban J connectivity index is 2.82. The van der Waals surface area contributed by atoms with Crippen LogP contribution in [0.2, 0.25) is 0 Å². The zero-order valence-corrected chi connectivity index (χ0v) is 13.8. The van der Waals surface area contributed by atoms with Crippen molar-refractivity contribution in [3.8, 4) is 0 Å². The fourth-order valence-electron chi connectivity index (χ4n) is 1.93. The van der Waals surface area contributed by atoms with E-state index in [1.54, 1.807) is 7.11 Å². The molecule has 0 radical (unpaired) electrons. The van der Waals surface area contributed by atoms with Crippen LogP contribution in [0.1, 0.15) is 48.7 Å². The second kappa shape index (κ2) is 6.70. The first-order valence-corrected chi connectivity index (χ1v) is 7.56. The predicted molar refractivity (Wildman–Crippen MR) is 82.5 cm³/mol. The van der Waals surface area contributed by atoms with Crippen molar-refractivity contribution in [2.75, 3.05) is 20.3 Å². The second-order valence-corrected chi connectivity index (χ2v) is 7.42. The van der Waals surface area contributed by atoms with Gasteiger partial charge in [0.1, 0.15) is 0 Å². The fraction of sp³-hybridized carbons (Fsp3) is 0.667. The Morgan fingerprint density at radius 2 is 2.00 bits per heavy atom. The summed E-state index contributed by atoms with van der Waals surface area (Å²) >= 11 is 1.51. The van der Waals surface area contributed by atoms with E-state index in [0.717, 1.165) is 0 Å². The number of amides is 1. The van der Waals surface area contributed by atoms with Gasteiger partial charge in [0.05, 0.1) is 17.0 Å². The van der Waals surface area contributed by atoms with Crippen molar-refractivity contribution in [3.05, 3.63) is 21.9 Å². The standard InChI is InChI=1S/C15H25NO3S/c1-14(2,3)12-7-6-11(20-12)13(18)16-15(4,8-9-17)10-19-5/h6-7,17H,8-10H2,1-5H3,(H,16,18). The number of hydrogen-bond donors (Lipinski definition) is 2. The number of carbonyl (C=O) groups is 1. The SMILES string of the molecule is COCC(C)(CCO)NC(=O)c1ccc(C(C)(C)C)s1. The summed E-state index contributed by atoms with van der Waals surface area (Å²) in [5.41, 5.74) is -0.503. The minimum absolute atomic E-state index is 0.0117. The first-order chi connectivity index (χ1) is 9.22. The number of aliphatic hydroxyl groups excluding tert-OH is 1. The van der Waals surface area contributed by atoms with Crippen molar-refractivity contribution >= 4 is 17.2 Å². The molecule has 1 aromatic rings. The summed E-state index contributed by atoms with van der Waals surface area (Å²) in [6.07, 6.45) is 0.462. The number of aliphatic hydroxyl groups is 1. The molecular formula is C15H25NO3S. The summed E-state index contributed by atoms with van der Waals surface area (Å²) in [5, 5.41) is 12.1. The van der Waals surface area contributed by atoms with Crippen molar-refractivity contribution in [2.24, 2.45) is 0 Å². The number of nitrogens with one attached hydrogen (secondary N) is 1. The predicted octanol–water partition coefficient (Wildman–Crippen LogP) is 2.56. The minimum Gasteiger partial charge on any atom is -0.396 e. The molecule has 0 aromatic carbocycles. The third-order valence-electron chi connectivity index (χ3n) is 3.11. The van der Waals surface area contributed by atoms with E-state index in [1.807, 2.05) is 19.1 Å². The van der Waals surface area contributed by atoms with Gasteiger partial charge in [-0.15, -0.1) is 11.3 Å². The molecule has 0 saturated carbocycles. The van der Waals surface area contributed by atoms with Crippen LogP contribution in [0.3, 0.4) is 0 Å². The molecule has 1 atom stereocenters. The van der Waals surface area contributed by atoms with Crippen LogP contribution in [0, 0.1) is 0 Å². The molecule has 0 bridgehead atoms. The maximum atomic E-state index is 12.3. The van der Waals surface area contributed by atoms with Gasteiger partial charge in [0.2, 0.25) is 0 Å². The van der Waals surface area contributed by atoms with E-state index in [1.165, 1.54) is 16.2 Å². The molecule has 1 aromatic heterocycles. The second-order valence-electron chi connectivity index (χ2n) is 6.34. The summed E-state index contributed by atoms with van der Waals surface area (Å²) in [6.45, 7) is 8.64. The Hall–Kier alpha value is -0.910. The van der Waals surface area contributed by atoms with E-state index in [-0.39, 0.29) is 17.9 Å². The molecule has 0 aliphatic rings. The monoisotopic (exact) mass is 299 g/mol. The van der Waals surface area contributed by atoms with E-state index in [0.29, 0.717) is 17.9 Å². The lowest BCUT2D eigenvalue weighted by Gasteiger charge is -2.29. The highest BCUT2D eigenvalue weighted by Gasteiger charge is 2.27. The van der Waals surface area contributed by atoms with Gasteiger partial charge in [0.25, 0.3) is 5.91 Å². The van der Waals surface area contributed by atoms with E-state index in [9.17, 15) is 4.79 Å². The molecule has 0 spiro atoms. The number of methoxy groups -OCH3 is 1. The molecule has 1 amide bonds. The Labute approximate surface area is 125 Å². The molecule has 114 valence electrons. The summed E-state index contributed by atoms with van der Waals surface area (Å²) in [7, 11) is 1.59. The summed E-state index contributed by atoms with van der Waals surface area (Å²) in [5.74, 6) is -0.112. The van der Waals surface area contributed by atoms with Crippen LogP contribution in [0.4, 0.5) is 0 Å². The quantitative estimate of drug-likeness (QED) is 0.849. The van der Waals surface area contributed by atoms with Crippen molar-refractivity contribution in [1.29, 1.82) is 0 Å². The molecule has 5 heteroatoms. The smallest absolute Gasteiger partial charge is 0.261 e. The Morgan fingerprint density at radius 1 is 1.35 bits per heavy atom. The third kappa shape index (κ3) is 4.58. The molecule has 1 unspecified atom stereocenters. The van der Waals surface area contributed by atoms with E-state index in [2.05, 4.69) is 26.1 Å². The largest absolute Gasteiger partial charge is 0.396 e. The molecule has 1 heterocycles. The Bertz CT molecular complexity index is 442. The highest BCUT2D eigenvalue weighted by atomic mass is 32.1. The Kier molecular flexibility index (Phi) is 5.74. The lowest BCUT2D eigenvalue weighted by Crippen LogP contribution is -2.49. The molecule has 2 N–H and O–H groups in total. The number of ether oxygens (including phenoxy) is 1. The summed E-state index contributed by atoms with van der Waals surface area (Å²) < 4.78 is 5.13. The molecule has 0 fully saturated rings. The maximum absolute atomic E-state index is 12.3. The van der Waals surface area contributed by atoms with Crippen LogP contribution >= 0.6 is 11.3 Å². The summed E-state index contributed by atoms with van der Waals surface area (Å²) in [6, 6.07) is 3.85. The average Bonchev–Trinajstić information content (AvgIpc) is 2.77. The molecule has 20 heavy (non-hydrogen) atoms. The summed E-state index contributed by atoms with van der Waals surface area (Å²) in [4.78, 5) is 14.2. The Morgan fingerprint density at radius 3 is 2.45 bits per heavy atom. The molecule has 0 saturated heterocycles. The highest BCUT2D eigenvalue weighted by Crippen LogP contribution is 2.29. The van der Waals surface area contributed by atoms with Crippen molar-refractivity contribution in [2.45, 2.75) is 45.1 Å². The zero-order chi connectivity index (χ0) is 15.4. The lowest BCUT2D eigenvalue weighted by molar-refractivity contribution is 0.0729. The number of rotatable bonds is 6. The van der Waals surface area contributed by atoms with Gasteiger partial charge in [-0.1, -0.05) is 20.8 Å². The van der Waals surface area contributed by atoms with Crippen molar-refractivity contribution in [3.63, 3.8) is 0 Å². The van der Waals surface area contributed by atoms with E-state index in [4.69, 9.17) is 9.84 Å². The third-order valence-corrected chi connectivity index (χ3v) is 4.62. The number of hydrogen-bond acceptors (Lipinski definition) is 4. The maximum Gasteiger partial charge on any atom is 0.261 e. The number of thiophene rings is 1. The molecule has 4 nitrogen and oxygen atoms in total. The highest BCUT2D eigenvalue weighted by molar-refractivity contribution is 7.14.